The first-order valence-electron chi connectivity index (χ1n) is 6.92. The topological polar surface area (TPSA) is 58.9 Å². The van der Waals surface area contributed by atoms with Crippen LogP contribution in [-0.2, 0) is 11.8 Å². The molecule has 2 rings (SSSR count). The fraction of sp³-hybridized carbons (Fsp3) is 0.375. The quantitative estimate of drug-likeness (QED) is 0.633. The zero-order valence-electron chi connectivity index (χ0n) is 12.7. The number of hydrogen-bond acceptors (Lipinski definition) is 2. The number of rotatable bonds is 3. The van der Waals surface area contributed by atoms with E-state index in [1.54, 1.807) is 12.1 Å². The van der Waals surface area contributed by atoms with E-state index >= 15 is 0 Å². The number of nitrogens with one attached hydrogen (secondary N) is 1. The van der Waals surface area contributed by atoms with Gasteiger partial charge in [0.15, 0.2) is 0 Å². The molecule has 21 heavy (non-hydrogen) atoms. The monoisotopic (exact) mass is 306 g/mol. The van der Waals surface area contributed by atoms with E-state index < -0.39 is 0 Å². The Kier molecular flexibility index (Phi) is 4.10. The molecule has 1 aromatic carbocycles. The Labute approximate surface area is 129 Å². The Morgan fingerprint density at radius 2 is 1.90 bits per heavy atom. The normalized spacial score (nSPS) is 11.7. The van der Waals surface area contributed by atoms with Crippen molar-refractivity contribution in [2.24, 2.45) is 0 Å². The SMILES string of the molecule is CCc1[nH]c(-c2ccccc2Cl)c([N+](=O)[O-])c1C(C)(C)C. The standard InChI is InChI=1S/C16H19ClN2O2/c1-5-12-13(16(2,3)4)15(19(20)21)14(18-12)10-8-6-7-9-11(10)17/h6-9,18H,5H2,1-4H3. The third kappa shape index (κ3) is 2.81. The van der Waals surface area contributed by atoms with Crippen LogP contribution in [-0.4, -0.2) is 9.91 Å². The number of aromatic amines is 1. The number of hydrogen-bond donors (Lipinski definition) is 1. The van der Waals surface area contributed by atoms with Gasteiger partial charge in [0.25, 0.3) is 5.69 Å². The fourth-order valence-corrected chi connectivity index (χ4v) is 2.89. The molecule has 0 saturated heterocycles. The molecular weight excluding hydrogens is 288 g/mol. The van der Waals surface area contributed by atoms with Crippen LogP contribution in [0.5, 0.6) is 0 Å². The van der Waals surface area contributed by atoms with Crippen molar-refractivity contribution >= 4 is 17.3 Å². The molecule has 112 valence electrons. The number of aromatic nitrogens is 1. The zero-order valence-corrected chi connectivity index (χ0v) is 13.4. The molecule has 5 heteroatoms. The summed E-state index contributed by atoms with van der Waals surface area (Å²) in [6.07, 6.45) is 0.706. The molecule has 0 saturated carbocycles. The molecule has 4 nitrogen and oxygen atoms in total. The van der Waals surface area contributed by atoms with Crippen LogP contribution in [0, 0.1) is 10.1 Å². The molecule has 0 unspecified atom stereocenters. The van der Waals surface area contributed by atoms with E-state index in [9.17, 15) is 10.1 Å². The molecule has 1 aromatic heterocycles. The van der Waals surface area contributed by atoms with Crippen molar-refractivity contribution in [2.45, 2.75) is 39.5 Å². The van der Waals surface area contributed by atoms with Gasteiger partial charge in [-0.2, -0.15) is 0 Å². The fourth-order valence-electron chi connectivity index (χ4n) is 2.65. The maximum absolute atomic E-state index is 11.6. The predicted octanol–water partition coefficient (Wildman–Crippen LogP) is 5.10. The molecule has 0 atom stereocenters. The van der Waals surface area contributed by atoms with Gasteiger partial charge < -0.3 is 4.98 Å². The summed E-state index contributed by atoms with van der Waals surface area (Å²) in [7, 11) is 0. The lowest BCUT2D eigenvalue weighted by Gasteiger charge is -2.18. The summed E-state index contributed by atoms with van der Waals surface area (Å²) in [6.45, 7) is 7.94. The van der Waals surface area contributed by atoms with Crippen LogP contribution in [0.1, 0.15) is 39.0 Å². The van der Waals surface area contributed by atoms with E-state index in [4.69, 9.17) is 11.6 Å². The van der Waals surface area contributed by atoms with Gasteiger partial charge in [-0.05, 0) is 17.9 Å². The van der Waals surface area contributed by atoms with E-state index in [-0.39, 0.29) is 16.0 Å². The van der Waals surface area contributed by atoms with Crippen LogP contribution in [0.25, 0.3) is 11.3 Å². The van der Waals surface area contributed by atoms with Crippen molar-refractivity contribution in [3.05, 3.63) is 50.7 Å². The number of H-pyrrole nitrogens is 1. The van der Waals surface area contributed by atoms with Gasteiger partial charge in [-0.1, -0.05) is 57.5 Å². The molecule has 0 aliphatic rings. The Bertz CT molecular complexity index is 684. The summed E-state index contributed by atoms with van der Waals surface area (Å²) in [6, 6.07) is 7.18. The second-order valence-electron chi connectivity index (χ2n) is 6.04. The molecule has 2 aromatic rings. The summed E-state index contributed by atoms with van der Waals surface area (Å²) in [5.74, 6) is 0. The van der Waals surface area contributed by atoms with Gasteiger partial charge in [0.05, 0.1) is 15.5 Å². The smallest absolute Gasteiger partial charge is 0.298 e. The predicted molar refractivity (Wildman–Crippen MR) is 86.0 cm³/mol. The zero-order chi connectivity index (χ0) is 15.8. The van der Waals surface area contributed by atoms with Gasteiger partial charge in [-0.25, -0.2) is 0 Å². The summed E-state index contributed by atoms with van der Waals surface area (Å²) in [4.78, 5) is 14.6. The molecule has 0 aliphatic heterocycles. The molecular formula is C16H19ClN2O2. The molecule has 0 fully saturated rings. The second-order valence-corrected chi connectivity index (χ2v) is 6.45. The van der Waals surface area contributed by atoms with E-state index in [0.29, 0.717) is 22.7 Å². The molecule has 1 heterocycles. The highest BCUT2D eigenvalue weighted by molar-refractivity contribution is 6.33. The molecule has 0 bridgehead atoms. The van der Waals surface area contributed by atoms with Crippen LogP contribution < -0.4 is 0 Å². The molecule has 1 N–H and O–H groups in total. The minimum absolute atomic E-state index is 0.132. The first kappa shape index (κ1) is 15.6. The van der Waals surface area contributed by atoms with Crippen molar-refractivity contribution in [3.8, 4) is 11.3 Å². The minimum atomic E-state index is -0.316. The highest BCUT2D eigenvalue weighted by Crippen LogP contribution is 2.43. The lowest BCUT2D eigenvalue weighted by Crippen LogP contribution is -2.14. The van der Waals surface area contributed by atoms with Crippen molar-refractivity contribution in [3.63, 3.8) is 0 Å². The Balaban J connectivity index is 2.83. The molecule has 0 radical (unpaired) electrons. The Morgan fingerprint density at radius 1 is 1.29 bits per heavy atom. The van der Waals surface area contributed by atoms with Gasteiger partial charge in [-0.15, -0.1) is 0 Å². The van der Waals surface area contributed by atoms with E-state index in [1.807, 2.05) is 39.8 Å². The maximum atomic E-state index is 11.6. The summed E-state index contributed by atoms with van der Waals surface area (Å²) in [5, 5.41) is 12.2. The number of halogens is 1. The summed E-state index contributed by atoms with van der Waals surface area (Å²) >= 11 is 6.21. The number of aryl methyl sites for hydroxylation is 1. The van der Waals surface area contributed by atoms with Crippen molar-refractivity contribution in [2.75, 3.05) is 0 Å². The van der Waals surface area contributed by atoms with Crippen LogP contribution >= 0.6 is 11.6 Å². The average molecular weight is 307 g/mol. The van der Waals surface area contributed by atoms with Crippen LogP contribution in [0.2, 0.25) is 5.02 Å². The van der Waals surface area contributed by atoms with Gasteiger partial charge in [0, 0.05) is 11.3 Å². The molecule has 0 amide bonds. The van der Waals surface area contributed by atoms with Crippen molar-refractivity contribution in [1.29, 1.82) is 0 Å². The third-order valence-electron chi connectivity index (χ3n) is 3.48. The van der Waals surface area contributed by atoms with Crippen LogP contribution in [0.4, 0.5) is 5.69 Å². The highest BCUT2D eigenvalue weighted by Gasteiger charge is 2.34. The van der Waals surface area contributed by atoms with Crippen molar-refractivity contribution in [1.82, 2.24) is 4.98 Å². The summed E-state index contributed by atoms with van der Waals surface area (Å²) in [5.41, 5.74) is 2.62. The largest absolute Gasteiger partial charge is 0.352 e. The van der Waals surface area contributed by atoms with Crippen molar-refractivity contribution < 1.29 is 4.92 Å². The van der Waals surface area contributed by atoms with E-state index in [2.05, 4.69) is 4.98 Å². The highest BCUT2D eigenvalue weighted by atomic mass is 35.5. The van der Waals surface area contributed by atoms with E-state index in [0.717, 1.165) is 11.3 Å². The third-order valence-corrected chi connectivity index (χ3v) is 3.81. The number of benzene rings is 1. The van der Waals surface area contributed by atoms with Crippen LogP contribution in [0.3, 0.4) is 0 Å². The number of nitro groups is 1. The Morgan fingerprint density at radius 3 is 2.38 bits per heavy atom. The average Bonchev–Trinajstić information content (AvgIpc) is 2.78. The lowest BCUT2D eigenvalue weighted by molar-refractivity contribution is -0.385. The number of nitrogens with zero attached hydrogens (tertiary/aromatic N) is 1. The molecule has 0 aliphatic carbocycles. The Hall–Kier alpha value is -1.81. The van der Waals surface area contributed by atoms with E-state index in [1.165, 1.54) is 0 Å². The van der Waals surface area contributed by atoms with Gasteiger partial charge in [-0.3, -0.25) is 10.1 Å². The molecule has 0 spiro atoms. The first-order chi connectivity index (χ1) is 9.77. The maximum Gasteiger partial charge on any atom is 0.298 e. The second kappa shape index (κ2) is 5.53. The first-order valence-corrected chi connectivity index (χ1v) is 7.29. The van der Waals surface area contributed by atoms with Gasteiger partial charge in [0.2, 0.25) is 0 Å². The summed E-state index contributed by atoms with van der Waals surface area (Å²) < 4.78 is 0. The van der Waals surface area contributed by atoms with Crippen LogP contribution in [0.15, 0.2) is 24.3 Å². The lowest BCUT2D eigenvalue weighted by atomic mass is 9.85. The minimum Gasteiger partial charge on any atom is -0.352 e. The van der Waals surface area contributed by atoms with Gasteiger partial charge >= 0.3 is 0 Å². The van der Waals surface area contributed by atoms with Gasteiger partial charge in [0.1, 0.15) is 5.69 Å².